The van der Waals surface area contributed by atoms with Crippen LogP contribution in [0, 0.1) is 0 Å². The Kier molecular flexibility index (Phi) is 4.92. The van der Waals surface area contributed by atoms with Crippen molar-refractivity contribution in [3.63, 3.8) is 0 Å². The first kappa shape index (κ1) is 14.9. The van der Waals surface area contributed by atoms with Crippen LogP contribution in [-0.4, -0.2) is 47.2 Å². The molecule has 0 saturated carbocycles. The van der Waals surface area contributed by atoms with Crippen LogP contribution in [0.4, 0.5) is 0 Å². The summed E-state index contributed by atoms with van der Waals surface area (Å²) in [6, 6.07) is 0. The van der Waals surface area contributed by atoms with E-state index in [1.165, 1.54) is 0 Å². The summed E-state index contributed by atoms with van der Waals surface area (Å²) in [7, 11) is 0. The Morgan fingerprint density at radius 2 is 2.12 bits per heavy atom. The summed E-state index contributed by atoms with van der Waals surface area (Å²) in [4.78, 5) is 0. The van der Waals surface area contributed by atoms with Crippen molar-refractivity contribution < 1.29 is 24.4 Å². The molecule has 1 aliphatic heterocycles. The first-order valence-electron chi connectivity index (χ1n) is 6.06. The maximum atomic E-state index is 9.89. The topological polar surface area (TPSA) is 68.2 Å². The van der Waals surface area contributed by atoms with E-state index in [2.05, 4.69) is 0 Å². The van der Waals surface area contributed by atoms with Gasteiger partial charge in [0.05, 0.1) is 19.3 Å². The summed E-state index contributed by atoms with van der Waals surface area (Å²) in [5, 5.41) is 19.2. The highest BCUT2D eigenvalue weighted by Gasteiger charge is 2.36. The van der Waals surface area contributed by atoms with E-state index in [9.17, 15) is 10.2 Å². The van der Waals surface area contributed by atoms with Crippen molar-refractivity contribution in [1.82, 2.24) is 0 Å². The van der Waals surface area contributed by atoms with Crippen LogP contribution in [0.2, 0.25) is 0 Å². The third-order valence-electron chi connectivity index (χ3n) is 2.56. The summed E-state index contributed by atoms with van der Waals surface area (Å²) in [6.45, 7) is 7.66. The van der Waals surface area contributed by atoms with Crippen LogP contribution in [0.15, 0.2) is 0 Å². The van der Waals surface area contributed by atoms with Gasteiger partial charge in [0.1, 0.15) is 6.10 Å². The number of ether oxygens (including phenoxy) is 3. The van der Waals surface area contributed by atoms with Crippen LogP contribution in [0.5, 0.6) is 0 Å². The molecule has 0 aliphatic carbocycles. The van der Waals surface area contributed by atoms with Crippen LogP contribution < -0.4 is 0 Å². The minimum atomic E-state index is -1.11. The minimum absolute atomic E-state index is 0.271. The van der Waals surface area contributed by atoms with E-state index in [1.54, 1.807) is 13.8 Å². The Labute approximate surface area is 103 Å². The van der Waals surface area contributed by atoms with Gasteiger partial charge in [-0.2, -0.15) is 0 Å². The fourth-order valence-corrected chi connectivity index (χ4v) is 1.71. The van der Waals surface area contributed by atoms with E-state index >= 15 is 0 Å². The molecule has 0 bridgehead atoms. The molecule has 102 valence electrons. The normalized spacial score (nSPS) is 26.1. The molecule has 0 amide bonds. The smallest absolute Gasteiger partial charge is 0.163 e. The Morgan fingerprint density at radius 1 is 1.47 bits per heavy atom. The molecular formula is C12H24O5. The molecule has 1 aliphatic rings. The average Bonchev–Trinajstić information content (AvgIpc) is 2.52. The molecule has 5 heteroatoms. The van der Waals surface area contributed by atoms with Crippen molar-refractivity contribution in [3.05, 3.63) is 0 Å². The standard InChI is InChI=1S/C12H24O5/c1-11(2,14)15-7-5-6-9(13)10-8-16-12(3,4)17-10/h9-10,13-14H,5-8H2,1-4H3. The first-order chi connectivity index (χ1) is 7.70. The molecule has 0 radical (unpaired) electrons. The van der Waals surface area contributed by atoms with Gasteiger partial charge in [-0.3, -0.25) is 0 Å². The first-order valence-corrected chi connectivity index (χ1v) is 6.06. The molecule has 1 heterocycles. The van der Waals surface area contributed by atoms with Crippen LogP contribution in [0.3, 0.4) is 0 Å². The van der Waals surface area contributed by atoms with Gasteiger partial charge in [0.2, 0.25) is 0 Å². The molecule has 0 aromatic carbocycles. The van der Waals surface area contributed by atoms with E-state index in [4.69, 9.17) is 14.2 Å². The van der Waals surface area contributed by atoms with Crippen molar-refractivity contribution in [2.75, 3.05) is 13.2 Å². The van der Waals surface area contributed by atoms with E-state index in [0.29, 0.717) is 26.1 Å². The van der Waals surface area contributed by atoms with Gasteiger partial charge in [0.25, 0.3) is 0 Å². The van der Waals surface area contributed by atoms with Gasteiger partial charge >= 0.3 is 0 Å². The molecule has 0 aromatic heterocycles. The Balaban J connectivity index is 2.16. The lowest BCUT2D eigenvalue weighted by atomic mass is 10.1. The predicted octanol–water partition coefficient (Wildman–Crippen LogP) is 1.02. The van der Waals surface area contributed by atoms with E-state index in [0.717, 1.165) is 0 Å². The summed E-state index contributed by atoms with van der Waals surface area (Å²) in [5.74, 6) is -1.71. The van der Waals surface area contributed by atoms with E-state index in [-0.39, 0.29) is 6.10 Å². The molecule has 2 unspecified atom stereocenters. The highest BCUT2D eigenvalue weighted by atomic mass is 16.7. The zero-order chi connectivity index (χ0) is 13.1. The number of aliphatic hydroxyl groups excluding tert-OH is 1. The van der Waals surface area contributed by atoms with Crippen LogP contribution >= 0.6 is 0 Å². The summed E-state index contributed by atoms with van der Waals surface area (Å²) in [5.41, 5.74) is 0. The molecule has 1 fully saturated rings. The monoisotopic (exact) mass is 248 g/mol. The second-order valence-electron chi connectivity index (χ2n) is 5.37. The SMILES string of the molecule is CC(C)(O)OCCCC(O)C1COC(C)(C)O1. The third kappa shape index (κ3) is 5.79. The molecule has 0 spiro atoms. The summed E-state index contributed by atoms with van der Waals surface area (Å²) >= 11 is 0. The van der Waals surface area contributed by atoms with E-state index < -0.39 is 17.7 Å². The highest BCUT2D eigenvalue weighted by Crippen LogP contribution is 2.25. The largest absolute Gasteiger partial charge is 0.390 e. The fourth-order valence-electron chi connectivity index (χ4n) is 1.71. The molecule has 2 atom stereocenters. The van der Waals surface area contributed by atoms with Crippen molar-refractivity contribution in [2.45, 2.75) is 64.3 Å². The molecule has 1 rings (SSSR count). The van der Waals surface area contributed by atoms with E-state index in [1.807, 2.05) is 13.8 Å². The van der Waals surface area contributed by atoms with Crippen LogP contribution in [0.25, 0.3) is 0 Å². The van der Waals surface area contributed by atoms with Gasteiger partial charge in [-0.25, -0.2) is 0 Å². The third-order valence-corrected chi connectivity index (χ3v) is 2.56. The van der Waals surface area contributed by atoms with Gasteiger partial charge in [-0.05, 0) is 40.5 Å². The second-order valence-corrected chi connectivity index (χ2v) is 5.37. The van der Waals surface area contributed by atoms with Gasteiger partial charge in [-0.1, -0.05) is 0 Å². The molecule has 0 aromatic rings. The van der Waals surface area contributed by atoms with Gasteiger partial charge in [0.15, 0.2) is 11.6 Å². The van der Waals surface area contributed by atoms with Crippen molar-refractivity contribution in [3.8, 4) is 0 Å². The lowest BCUT2D eigenvalue weighted by molar-refractivity contribution is -0.178. The fraction of sp³-hybridized carbons (Fsp3) is 1.00. The summed E-state index contributed by atoms with van der Waals surface area (Å²) in [6.07, 6.45) is 0.417. The number of hydrogen-bond donors (Lipinski definition) is 2. The molecule has 17 heavy (non-hydrogen) atoms. The molecular weight excluding hydrogens is 224 g/mol. The van der Waals surface area contributed by atoms with Crippen molar-refractivity contribution in [1.29, 1.82) is 0 Å². The number of aliphatic hydroxyl groups is 2. The Hall–Kier alpha value is -0.200. The molecule has 2 N–H and O–H groups in total. The zero-order valence-electron chi connectivity index (χ0n) is 11.1. The average molecular weight is 248 g/mol. The highest BCUT2D eigenvalue weighted by molar-refractivity contribution is 4.77. The predicted molar refractivity (Wildman–Crippen MR) is 62.4 cm³/mol. The Bertz CT molecular complexity index is 234. The Morgan fingerprint density at radius 3 is 2.59 bits per heavy atom. The molecule has 5 nitrogen and oxygen atoms in total. The van der Waals surface area contributed by atoms with Crippen molar-refractivity contribution in [2.24, 2.45) is 0 Å². The van der Waals surface area contributed by atoms with Crippen LogP contribution in [-0.2, 0) is 14.2 Å². The second kappa shape index (κ2) is 5.63. The lowest BCUT2D eigenvalue weighted by Gasteiger charge is -2.21. The molecule has 1 saturated heterocycles. The van der Waals surface area contributed by atoms with Gasteiger partial charge < -0.3 is 24.4 Å². The van der Waals surface area contributed by atoms with Gasteiger partial charge in [-0.15, -0.1) is 0 Å². The zero-order valence-corrected chi connectivity index (χ0v) is 11.1. The maximum absolute atomic E-state index is 9.89. The number of hydrogen-bond acceptors (Lipinski definition) is 5. The minimum Gasteiger partial charge on any atom is -0.390 e. The lowest BCUT2D eigenvalue weighted by Crippen LogP contribution is -2.31. The quantitative estimate of drug-likeness (QED) is 0.542. The van der Waals surface area contributed by atoms with Crippen LogP contribution in [0.1, 0.15) is 40.5 Å². The number of rotatable bonds is 6. The van der Waals surface area contributed by atoms with Crippen molar-refractivity contribution >= 4 is 0 Å². The summed E-state index contributed by atoms with van der Waals surface area (Å²) < 4.78 is 16.1. The maximum Gasteiger partial charge on any atom is 0.163 e. The van der Waals surface area contributed by atoms with Gasteiger partial charge in [0, 0.05) is 0 Å².